The van der Waals surface area contributed by atoms with Crippen molar-refractivity contribution in [2.75, 3.05) is 20.8 Å². The van der Waals surface area contributed by atoms with Crippen LogP contribution in [0.5, 0.6) is 11.5 Å². The Kier molecular flexibility index (Phi) is 10.0. The van der Waals surface area contributed by atoms with E-state index in [-0.39, 0.29) is 25.2 Å². The lowest BCUT2D eigenvalue weighted by Gasteiger charge is -2.31. The molecular formula is C22H31NO6. The maximum absolute atomic E-state index is 12.6. The van der Waals surface area contributed by atoms with Gasteiger partial charge in [0.1, 0.15) is 11.5 Å². The molecule has 1 aromatic rings. The first-order valence-electron chi connectivity index (χ1n) is 9.89. The Balaban J connectivity index is 3.46. The molecule has 2 unspecified atom stereocenters. The molecule has 7 nitrogen and oxygen atoms in total. The van der Waals surface area contributed by atoms with Gasteiger partial charge in [-0.2, -0.15) is 5.26 Å². The van der Waals surface area contributed by atoms with Crippen molar-refractivity contribution in [2.24, 2.45) is 5.92 Å². The molecule has 0 aliphatic carbocycles. The van der Waals surface area contributed by atoms with Gasteiger partial charge in [0.25, 0.3) is 0 Å². The number of carbonyl (C=O) groups excluding carboxylic acids is 1. The molecular weight excluding hydrogens is 374 g/mol. The average Bonchev–Trinajstić information content (AvgIpc) is 2.73. The van der Waals surface area contributed by atoms with Crippen molar-refractivity contribution < 1.29 is 28.9 Å². The van der Waals surface area contributed by atoms with Crippen molar-refractivity contribution in [3.05, 3.63) is 23.8 Å². The minimum absolute atomic E-state index is 0.0453. The summed E-state index contributed by atoms with van der Waals surface area (Å²) in [5.41, 5.74) is -0.712. The number of carbonyl (C=O) groups is 2. The number of ether oxygens (including phenoxy) is 3. The molecule has 160 valence electrons. The van der Waals surface area contributed by atoms with Gasteiger partial charge >= 0.3 is 11.9 Å². The van der Waals surface area contributed by atoms with Gasteiger partial charge in [0.2, 0.25) is 0 Å². The van der Waals surface area contributed by atoms with Gasteiger partial charge in [-0.1, -0.05) is 20.3 Å². The average molecular weight is 405 g/mol. The van der Waals surface area contributed by atoms with E-state index in [2.05, 4.69) is 6.07 Å². The third kappa shape index (κ3) is 6.67. The minimum Gasteiger partial charge on any atom is -0.497 e. The fraction of sp³-hybridized carbons (Fsp3) is 0.591. The molecule has 0 saturated carbocycles. The normalized spacial score (nSPS) is 13.6. The summed E-state index contributed by atoms with van der Waals surface area (Å²) < 4.78 is 16.1. The standard InChI is InChI=1S/C22H31NO6/c1-5-7-16(21(26)29-12-6-2)14-22(15-23,11-10-20(24)25)18-13-17(27-3)8-9-19(18)28-4/h8-9,13,16H,5-7,10-12,14H2,1-4H3,(H,24,25). The van der Waals surface area contributed by atoms with Gasteiger partial charge in [0, 0.05) is 12.0 Å². The number of nitriles is 1. The summed E-state index contributed by atoms with van der Waals surface area (Å²) in [6.45, 7) is 4.18. The molecule has 0 heterocycles. The highest BCUT2D eigenvalue weighted by Crippen LogP contribution is 2.43. The molecule has 0 saturated heterocycles. The van der Waals surface area contributed by atoms with Gasteiger partial charge < -0.3 is 19.3 Å². The summed E-state index contributed by atoms with van der Waals surface area (Å²) in [4.78, 5) is 23.9. The molecule has 1 N–H and O–H groups in total. The number of esters is 1. The van der Waals surface area contributed by atoms with Crippen LogP contribution in [0.2, 0.25) is 0 Å². The second-order valence-corrected chi connectivity index (χ2v) is 7.01. The number of aliphatic carboxylic acids is 1. The quantitative estimate of drug-likeness (QED) is 0.493. The van der Waals surface area contributed by atoms with E-state index in [1.807, 2.05) is 13.8 Å². The molecule has 0 radical (unpaired) electrons. The summed E-state index contributed by atoms with van der Waals surface area (Å²) in [6, 6.07) is 7.39. The van der Waals surface area contributed by atoms with Crippen LogP contribution in [0.3, 0.4) is 0 Å². The number of rotatable bonds is 13. The summed E-state index contributed by atoms with van der Waals surface area (Å²) in [7, 11) is 3.00. The number of carboxylic acid groups (broad SMARTS) is 1. The third-order valence-corrected chi connectivity index (χ3v) is 4.92. The van der Waals surface area contributed by atoms with Crippen LogP contribution >= 0.6 is 0 Å². The van der Waals surface area contributed by atoms with Gasteiger partial charge in [-0.3, -0.25) is 9.59 Å². The Morgan fingerprint density at radius 3 is 2.45 bits per heavy atom. The van der Waals surface area contributed by atoms with Crippen LogP contribution < -0.4 is 9.47 Å². The maximum atomic E-state index is 12.6. The summed E-state index contributed by atoms with van der Waals surface area (Å²) in [5.74, 6) is -0.903. The first kappa shape index (κ1) is 24.3. The van der Waals surface area contributed by atoms with E-state index in [1.165, 1.54) is 14.2 Å². The molecule has 2 atom stereocenters. The predicted molar refractivity (Wildman–Crippen MR) is 108 cm³/mol. The number of benzene rings is 1. The lowest BCUT2D eigenvalue weighted by molar-refractivity contribution is -0.149. The minimum atomic E-state index is -1.23. The molecule has 7 heteroatoms. The van der Waals surface area contributed by atoms with Crippen molar-refractivity contribution in [1.82, 2.24) is 0 Å². The van der Waals surface area contributed by atoms with Crippen molar-refractivity contribution in [3.63, 3.8) is 0 Å². The number of hydrogen-bond donors (Lipinski definition) is 1. The number of carboxylic acids is 1. The Bertz CT molecular complexity index is 727. The highest BCUT2D eigenvalue weighted by atomic mass is 16.5. The zero-order valence-electron chi connectivity index (χ0n) is 17.7. The third-order valence-electron chi connectivity index (χ3n) is 4.92. The maximum Gasteiger partial charge on any atom is 0.308 e. The second-order valence-electron chi connectivity index (χ2n) is 7.01. The van der Waals surface area contributed by atoms with Crippen LogP contribution in [0.25, 0.3) is 0 Å². The topological polar surface area (TPSA) is 106 Å². The molecule has 0 bridgehead atoms. The molecule has 0 amide bonds. The zero-order valence-corrected chi connectivity index (χ0v) is 17.7. The smallest absolute Gasteiger partial charge is 0.308 e. The van der Waals surface area contributed by atoms with Crippen molar-refractivity contribution in [2.45, 2.75) is 57.8 Å². The highest BCUT2D eigenvalue weighted by Gasteiger charge is 2.40. The Morgan fingerprint density at radius 2 is 1.93 bits per heavy atom. The van der Waals surface area contributed by atoms with Gasteiger partial charge in [-0.25, -0.2) is 0 Å². The van der Waals surface area contributed by atoms with Gasteiger partial charge in [0.15, 0.2) is 0 Å². The van der Waals surface area contributed by atoms with Crippen LogP contribution in [-0.2, 0) is 19.7 Å². The Hall–Kier alpha value is -2.75. The van der Waals surface area contributed by atoms with E-state index in [0.717, 1.165) is 6.42 Å². The van der Waals surface area contributed by atoms with Crippen LogP contribution in [0, 0.1) is 17.2 Å². The van der Waals surface area contributed by atoms with Gasteiger partial charge in [-0.05, 0) is 43.9 Å². The molecule has 0 aliphatic rings. The van der Waals surface area contributed by atoms with Gasteiger partial charge in [0.05, 0.1) is 38.2 Å². The van der Waals surface area contributed by atoms with Gasteiger partial charge in [-0.15, -0.1) is 0 Å². The fourth-order valence-electron chi connectivity index (χ4n) is 3.41. The lowest BCUT2D eigenvalue weighted by atomic mass is 9.70. The van der Waals surface area contributed by atoms with E-state index in [9.17, 15) is 20.0 Å². The highest BCUT2D eigenvalue weighted by molar-refractivity contribution is 5.73. The Morgan fingerprint density at radius 1 is 1.21 bits per heavy atom. The van der Waals surface area contributed by atoms with Crippen LogP contribution in [0.15, 0.2) is 18.2 Å². The monoisotopic (exact) mass is 405 g/mol. The summed E-state index contributed by atoms with van der Waals surface area (Å²) in [6.07, 6.45) is 1.97. The second kappa shape index (κ2) is 11.9. The lowest BCUT2D eigenvalue weighted by Crippen LogP contribution is -2.33. The van der Waals surface area contributed by atoms with Crippen molar-refractivity contribution in [1.29, 1.82) is 5.26 Å². The number of nitrogens with zero attached hydrogens (tertiary/aromatic N) is 1. The fourth-order valence-corrected chi connectivity index (χ4v) is 3.41. The summed E-state index contributed by atoms with van der Waals surface area (Å²) >= 11 is 0. The molecule has 0 aromatic heterocycles. The first-order valence-corrected chi connectivity index (χ1v) is 9.89. The SMILES string of the molecule is CCCOC(=O)C(CCC)CC(C#N)(CCC(=O)O)c1cc(OC)ccc1OC. The van der Waals surface area contributed by atoms with Crippen LogP contribution in [0.1, 0.15) is 57.9 Å². The molecule has 0 aliphatic heterocycles. The van der Waals surface area contributed by atoms with E-state index < -0.39 is 17.3 Å². The van der Waals surface area contributed by atoms with Crippen molar-refractivity contribution >= 4 is 11.9 Å². The first-order chi connectivity index (χ1) is 13.9. The Labute approximate surface area is 172 Å². The zero-order chi connectivity index (χ0) is 21.9. The molecule has 0 fully saturated rings. The predicted octanol–water partition coefficient (Wildman–Crippen LogP) is 4.09. The van der Waals surface area contributed by atoms with E-state index in [4.69, 9.17) is 14.2 Å². The van der Waals surface area contributed by atoms with Crippen molar-refractivity contribution in [3.8, 4) is 17.6 Å². The largest absolute Gasteiger partial charge is 0.497 e. The number of hydrogen-bond acceptors (Lipinski definition) is 6. The molecule has 0 spiro atoms. The van der Waals surface area contributed by atoms with Crippen LogP contribution in [-0.4, -0.2) is 37.9 Å². The van der Waals surface area contributed by atoms with Crippen LogP contribution in [0.4, 0.5) is 0 Å². The summed E-state index contributed by atoms with van der Waals surface area (Å²) in [5, 5.41) is 19.5. The molecule has 1 aromatic carbocycles. The van der Waals surface area contributed by atoms with E-state index >= 15 is 0 Å². The van der Waals surface area contributed by atoms with E-state index in [0.29, 0.717) is 36.5 Å². The molecule has 29 heavy (non-hydrogen) atoms. The van der Waals surface area contributed by atoms with E-state index in [1.54, 1.807) is 18.2 Å². The number of methoxy groups -OCH3 is 2. The molecule has 1 rings (SSSR count).